The molecule has 166 valence electrons. The number of carboxylic acids is 1. The van der Waals surface area contributed by atoms with Crippen LogP contribution < -0.4 is 21.2 Å². The summed E-state index contributed by atoms with van der Waals surface area (Å²) in [5.41, 5.74) is 6.69. The maximum absolute atomic E-state index is 15.5. The first-order valence-electron chi connectivity index (χ1n) is 10.7. The highest BCUT2D eigenvalue weighted by Crippen LogP contribution is 2.50. The van der Waals surface area contributed by atoms with Crippen molar-refractivity contribution in [3.8, 4) is 5.75 Å². The average molecular weight is 437 g/mol. The maximum atomic E-state index is 15.5. The molecule has 1 aliphatic carbocycles. The van der Waals surface area contributed by atoms with Crippen molar-refractivity contribution >= 4 is 28.2 Å². The number of anilines is 2. The van der Waals surface area contributed by atoms with E-state index in [-0.39, 0.29) is 28.0 Å². The van der Waals surface area contributed by atoms with E-state index in [0.717, 1.165) is 30.4 Å². The Morgan fingerprint density at radius 1 is 1.28 bits per heavy atom. The van der Waals surface area contributed by atoms with Gasteiger partial charge in [0, 0.05) is 24.7 Å². The lowest BCUT2D eigenvalue weighted by Gasteiger charge is -2.44. The summed E-state index contributed by atoms with van der Waals surface area (Å²) in [7, 11) is 0. The van der Waals surface area contributed by atoms with Gasteiger partial charge in [-0.3, -0.25) is 4.79 Å². The third kappa shape index (κ3) is 2.93. The number of carboxylic acid groups (broad SMARTS) is 1. The molecule has 0 saturated heterocycles. The third-order valence-corrected chi connectivity index (χ3v) is 6.80. The van der Waals surface area contributed by atoms with E-state index in [4.69, 9.17) is 10.5 Å². The van der Waals surface area contributed by atoms with E-state index in [2.05, 4.69) is 5.32 Å². The molecular formula is C24H24FN3O4. The van der Waals surface area contributed by atoms with Crippen molar-refractivity contribution in [1.82, 2.24) is 4.57 Å². The van der Waals surface area contributed by atoms with Crippen molar-refractivity contribution in [1.29, 1.82) is 0 Å². The Morgan fingerprint density at radius 3 is 2.62 bits per heavy atom. The molecule has 1 aliphatic heterocycles. The number of ether oxygens (including phenoxy) is 1. The second-order valence-electron chi connectivity index (χ2n) is 8.72. The summed E-state index contributed by atoms with van der Waals surface area (Å²) < 4.78 is 23.3. The Morgan fingerprint density at radius 2 is 2.00 bits per heavy atom. The first kappa shape index (κ1) is 20.4. The monoisotopic (exact) mass is 437 g/mol. The second-order valence-corrected chi connectivity index (χ2v) is 8.72. The van der Waals surface area contributed by atoms with Crippen molar-refractivity contribution in [3.63, 3.8) is 0 Å². The molecule has 0 bridgehead atoms. The van der Waals surface area contributed by atoms with Gasteiger partial charge in [0.1, 0.15) is 11.3 Å². The Balaban J connectivity index is 1.76. The Bertz CT molecular complexity index is 1310. The molecular weight excluding hydrogens is 413 g/mol. The van der Waals surface area contributed by atoms with Crippen LogP contribution in [0.1, 0.15) is 47.2 Å². The number of nitrogens with two attached hydrogens (primary N) is 1. The van der Waals surface area contributed by atoms with E-state index in [0.29, 0.717) is 25.1 Å². The number of nitrogens with zero attached hydrogens (tertiary/aromatic N) is 1. The number of fused-ring (bicyclic) bond motifs is 1. The maximum Gasteiger partial charge on any atom is 0.341 e. The van der Waals surface area contributed by atoms with E-state index in [1.54, 1.807) is 0 Å². The van der Waals surface area contributed by atoms with Crippen LogP contribution in [0.3, 0.4) is 0 Å². The predicted molar refractivity (Wildman–Crippen MR) is 120 cm³/mol. The van der Waals surface area contributed by atoms with E-state index >= 15 is 4.39 Å². The molecule has 5 rings (SSSR count). The molecule has 1 spiro atoms. The number of nitrogens with one attached hydrogen (secondary N) is 1. The van der Waals surface area contributed by atoms with Crippen molar-refractivity contribution < 1.29 is 19.0 Å². The molecule has 1 aromatic heterocycles. The van der Waals surface area contributed by atoms with Crippen LogP contribution in [0, 0.1) is 12.7 Å². The van der Waals surface area contributed by atoms with Crippen molar-refractivity contribution in [2.45, 2.75) is 44.7 Å². The van der Waals surface area contributed by atoms with E-state index in [9.17, 15) is 14.7 Å². The van der Waals surface area contributed by atoms with Gasteiger partial charge in [0.15, 0.2) is 11.6 Å². The van der Waals surface area contributed by atoms with Crippen molar-refractivity contribution in [3.05, 3.63) is 63.2 Å². The summed E-state index contributed by atoms with van der Waals surface area (Å²) >= 11 is 0. The molecule has 0 unspecified atom stereocenters. The molecule has 7 nitrogen and oxygen atoms in total. The van der Waals surface area contributed by atoms with Crippen molar-refractivity contribution in [2.24, 2.45) is 0 Å². The number of carbonyl (C=O) groups is 1. The fourth-order valence-electron chi connectivity index (χ4n) is 4.81. The van der Waals surface area contributed by atoms with E-state index < -0.39 is 22.8 Å². The number of aromatic nitrogens is 1. The molecule has 1 fully saturated rings. The SMILES string of the molecule is Cc1ccc(CNc2c(F)c(N)c3c(=O)c(C(=O)O)cn4c3c2OCCC42CCC2)cc1. The van der Waals surface area contributed by atoms with Gasteiger partial charge < -0.3 is 25.5 Å². The van der Waals surface area contributed by atoms with Crippen LogP contribution in [0.4, 0.5) is 15.8 Å². The zero-order chi connectivity index (χ0) is 22.6. The Labute approximate surface area is 183 Å². The molecule has 4 N–H and O–H groups in total. The van der Waals surface area contributed by atoms with Crippen molar-refractivity contribution in [2.75, 3.05) is 17.7 Å². The lowest BCUT2D eigenvalue weighted by atomic mass is 9.74. The van der Waals surface area contributed by atoms with Gasteiger partial charge >= 0.3 is 5.97 Å². The molecule has 2 aliphatic rings. The number of hydrogen-bond acceptors (Lipinski definition) is 5. The molecule has 0 amide bonds. The zero-order valence-corrected chi connectivity index (χ0v) is 17.7. The quantitative estimate of drug-likeness (QED) is 0.533. The molecule has 2 aromatic carbocycles. The highest BCUT2D eigenvalue weighted by atomic mass is 19.1. The van der Waals surface area contributed by atoms with Gasteiger partial charge in [-0.05, 0) is 31.7 Å². The summed E-state index contributed by atoms with van der Waals surface area (Å²) in [5, 5.41) is 12.6. The number of aromatic carboxylic acids is 1. The number of halogens is 1. The fourth-order valence-corrected chi connectivity index (χ4v) is 4.81. The largest absolute Gasteiger partial charge is 0.489 e. The van der Waals surface area contributed by atoms with Gasteiger partial charge in [0.25, 0.3) is 0 Å². The van der Waals surface area contributed by atoms with Gasteiger partial charge in [-0.2, -0.15) is 0 Å². The van der Waals surface area contributed by atoms with Gasteiger partial charge in [0.05, 0.1) is 23.2 Å². The van der Waals surface area contributed by atoms with Crippen LogP contribution >= 0.6 is 0 Å². The third-order valence-electron chi connectivity index (χ3n) is 6.80. The van der Waals surface area contributed by atoms with Crippen LogP contribution in [0.5, 0.6) is 5.75 Å². The minimum Gasteiger partial charge on any atom is -0.489 e. The number of rotatable bonds is 4. The normalized spacial score (nSPS) is 16.3. The summed E-state index contributed by atoms with van der Waals surface area (Å²) in [6.45, 7) is 2.65. The Kier molecular flexibility index (Phi) is 4.62. The molecule has 3 aromatic rings. The number of hydrogen-bond donors (Lipinski definition) is 3. The summed E-state index contributed by atoms with van der Waals surface area (Å²) in [6, 6.07) is 7.83. The fraction of sp³-hybridized carbons (Fsp3) is 0.333. The topological polar surface area (TPSA) is 107 Å². The minimum absolute atomic E-state index is 0.0863. The average Bonchev–Trinajstić information content (AvgIpc) is 2.91. The minimum atomic E-state index is -1.36. The summed E-state index contributed by atoms with van der Waals surface area (Å²) in [4.78, 5) is 24.8. The number of pyridine rings is 1. The lowest BCUT2D eigenvalue weighted by molar-refractivity contribution is 0.0691. The highest BCUT2D eigenvalue weighted by Gasteiger charge is 2.43. The zero-order valence-electron chi connectivity index (χ0n) is 17.7. The highest BCUT2D eigenvalue weighted by molar-refractivity contribution is 6.03. The van der Waals surface area contributed by atoms with Crippen LogP contribution in [0.25, 0.3) is 10.9 Å². The van der Waals surface area contributed by atoms with Crippen LogP contribution in [0.2, 0.25) is 0 Å². The molecule has 2 heterocycles. The molecule has 0 radical (unpaired) electrons. The van der Waals surface area contributed by atoms with E-state index in [1.165, 1.54) is 6.20 Å². The molecule has 0 atom stereocenters. The summed E-state index contributed by atoms with van der Waals surface area (Å²) in [6.07, 6.45) is 4.66. The molecule has 8 heteroatoms. The smallest absolute Gasteiger partial charge is 0.341 e. The van der Waals surface area contributed by atoms with E-state index in [1.807, 2.05) is 35.8 Å². The first-order valence-corrected chi connectivity index (χ1v) is 10.7. The molecule has 32 heavy (non-hydrogen) atoms. The summed E-state index contributed by atoms with van der Waals surface area (Å²) in [5.74, 6) is -1.96. The predicted octanol–water partition coefficient (Wildman–Crippen LogP) is 4.00. The first-order chi connectivity index (χ1) is 15.3. The van der Waals surface area contributed by atoms with Gasteiger partial charge in [0.2, 0.25) is 5.43 Å². The van der Waals surface area contributed by atoms with Gasteiger partial charge in [-0.15, -0.1) is 0 Å². The Hall–Kier alpha value is -3.55. The van der Waals surface area contributed by atoms with Crippen LogP contribution in [0.15, 0.2) is 35.3 Å². The lowest BCUT2D eigenvalue weighted by Crippen LogP contribution is -2.42. The molecule has 1 saturated carbocycles. The number of benzene rings is 2. The standard InChI is InChI=1S/C24H24FN3O4/c1-13-3-5-14(6-4-13)11-27-19-17(25)18(26)16-20-22(19)32-10-9-24(7-2-8-24)28(20)12-15(21(16)29)23(30)31/h3-6,12,27H,2,7-11,26H2,1H3,(H,30,31). The number of nitrogen functional groups attached to an aromatic ring is 1. The van der Waals surface area contributed by atoms with Crippen LogP contribution in [-0.4, -0.2) is 22.2 Å². The van der Waals surface area contributed by atoms with Gasteiger partial charge in [-0.25, -0.2) is 9.18 Å². The number of aryl methyl sites for hydroxylation is 1. The van der Waals surface area contributed by atoms with Crippen LogP contribution in [-0.2, 0) is 12.1 Å². The van der Waals surface area contributed by atoms with Gasteiger partial charge in [-0.1, -0.05) is 29.8 Å². The second kappa shape index (κ2) is 7.25.